The summed E-state index contributed by atoms with van der Waals surface area (Å²) in [6.45, 7) is 1.80. The number of carbonyl (C=O) groups excluding carboxylic acids is 1. The van der Waals surface area contributed by atoms with E-state index in [1.165, 1.54) is 29.7 Å². The molecule has 3 heterocycles. The lowest BCUT2D eigenvalue weighted by molar-refractivity contribution is -0.116. The van der Waals surface area contributed by atoms with Gasteiger partial charge in [-0.25, -0.2) is 4.98 Å². The van der Waals surface area contributed by atoms with Crippen molar-refractivity contribution in [2.24, 2.45) is 0 Å². The predicted molar refractivity (Wildman–Crippen MR) is 105 cm³/mol. The van der Waals surface area contributed by atoms with Crippen LogP contribution in [0.1, 0.15) is 37.3 Å². The van der Waals surface area contributed by atoms with Gasteiger partial charge in [0.1, 0.15) is 0 Å². The molecule has 0 saturated carbocycles. The number of nitrogens with one attached hydrogen (secondary N) is 1. The molecule has 0 bridgehead atoms. The molecule has 5 nitrogen and oxygen atoms in total. The molecule has 1 N–H and O–H groups in total. The second-order valence-electron chi connectivity index (χ2n) is 6.62. The van der Waals surface area contributed by atoms with Crippen molar-refractivity contribution in [1.29, 1.82) is 0 Å². The van der Waals surface area contributed by atoms with Gasteiger partial charge in [-0.05, 0) is 43.1 Å². The third-order valence-corrected chi connectivity index (χ3v) is 5.80. The number of aromatic nitrogens is 2. The zero-order valence-electron chi connectivity index (χ0n) is 14.6. The maximum absolute atomic E-state index is 12.4. The fourth-order valence-corrected chi connectivity index (χ4v) is 4.44. The van der Waals surface area contributed by atoms with Gasteiger partial charge < -0.3 is 5.32 Å². The van der Waals surface area contributed by atoms with E-state index in [1.807, 2.05) is 42.7 Å². The average molecular weight is 366 g/mol. The van der Waals surface area contributed by atoms with Crippen LogP contribution in [0.2, 0.25) is 0 Å². The molecule has 1 aromatic carbocycles. The Hall–Kier alpha value is -2.31. The largest absolute Gasteiger partial charge is 0.302 e. The van der Waals surface area contributed by atoms with Gasteiger partial charge in [-0.3, -0.25) is 14.7 Å². The number of pyridine rings is 1. The maximum Gasteiger partial charge on any atom is 0.227 e. The number of piperidine rings is 1. The number of hydrogen-bond acceptors (Lipinski definition) is 5. The van der Waals surface area contributed by atoms with Crippen LogP contribution in [0.3, 0.4) is 0 Å². The molecule has 1 saturated heterocycles. The molecule has 26 heavy (non-hydrogen) atoms. The summed E-state index contributed by atoms with van der Waals surface area (Å²) < 4.78 is 1.09. The van der Waals surface area contributed by atoms with Crippen molar-refractivity contribution >= 4 is 32.6 Å². The van der Waals surface area contributed by atoms with Gasteiger partial charge in [-0.1, -0.05) is 36.0 Å². The molecule has 4 rings (SSSR count). The van der Waals surface area contributed by atoms with Gasteiger partial charge in [0.05, 0.1) is 10.2 Å². The Morgan fingerprint density at radius 3 is 3.00 bits per heavy atom. The molecule has 1 aliphatic heterocycles. The topological polar surface area (TPSA) is 58.1 Å². The lowest BCUT2D eigenvalue weighted by atomic mass is 9.96. The molecule has 0 radical (unpaired) electrons. The number of thiazole rings is 1. The highest BCUT2D eigenvalue weighted by Crippen LogP contribution is 2.30. The first-order valence-corrected chi connectivity index (χ1v) is 9.90. The number of benzene rings is 1. The Kier molecular flexibility index (Phi) is 5.22. The summed E-state index contributed by atoms with van der Waals surface area (Å²) in [5.74, 6) is 0.0274. The molecule has 1 atom stereocenters. The highest BCUT2D eigenvalue weighted by Gasteiger charge is 2.24. The van der Waals surface area contributed by atoms with E-state index in [9.17, 15) is 4.79 Å². The van der Waals surface area contributed by atoms with Crippen LogP contribution < -0.4 is 5.32 Å². The van der Waals surface area contributed by atoms with E-state index in [0.717, 1.165) is 29.7 Å². The minimum absolute atomic E-state index is 0.0274. The van der Waals surface area contributed by atoms with E-state index >= 15 is 0 Å². The Bertz CT molecular complexity index is 847. The smallest absolute Gasteiger partial charge is 0.227 e. The molecule has 2 aromatic heterocycles. The molecule has 3 aromatic rings. The normalized spacial score (nSPS) is 18.1. The Labute approximate surface area is 157 Å². The van der Waals surface area contributed by atoms with Crippen LogP contribution in [-0.4, -0.2) is 33.9 Å². The number of rotatable bonds is 5. The molecule has 1 amide bonds. The van der Waals surface area contributed by atoms with Gasteiger partial charge in [-0.15, -0.1) is 0 Å². The number of nitrogens with zero attached hydrogens (tertiary/aromatic N) is 3. The van der Waals surface area contributed by atoms with Gasteiger partial charge in [0.15, 0.2) is 5.13 Å². The summed E-state index contributed by atoms with van der Waals surface area (Å²) in [7, 11) is 0. The van der Waals surface area contributed by atoms with Crippen LogP contribution in [0.5, 0.6) is 0 Å². The molecular weight excluding hydrogens is 344 g/mol. The number of amides is 1. The van der Waals surface area contributed by atoms with Crippen LogP contribution in [0.15, 0.2) is 48.8 Å². The molecular formula is C20H22N4OS. The Morgan fingerprint density at radius 2 is 2.15 bits per heavy atom. The highest BCUT2D eigenvalue weighted by molar-refractivity contribution is 7.22. The van der Waals surface area contributed by atoms with E-state index < -0.39 is 0 Å². The third kappa shape index (κ3) is 3.92. The third-order valence-electron chi connectivity index (χ3n) is 4.85. The van der Waals surface area contributed by atoms with Crippen LogP contribution in [-0.2, 0) is 4.79 Å². The summed E-state index contributed by atoms with van der Waals surface area (Å²) in [5.41, 5.74) is 2.18. The predicted octanol–water partition coefficient (Wildman–Crippen LogP) is 4.25. The fraction of sp³-hybridized carbons (Fsp3) is 0.350. The summed E-state index contributed by atoms with van der Waals surface area (Å²) in [5, 5.41) is 3.63. The number of carbonyl (C=O) groups is 1. The SMILES string of the molecule is O=C(CCN1CCCCC1c1cccnc1)Nc1nc2ccccc2s1. The van der Waals surface area contributed by atoms with Crippen molar-refractivity contribution in [3.8, 4) is 0 Å². The molecule has 1 aliphatic rings. The van der Waals surface area contributed by atoms with Gasteiger partial charge in [0.25, 0.3) is 0 Å². The molecule has 1 fully saturated rings. The van der Waals surface area contributed by atoms with Gasteiger partial charge in [-0.2, -0.15) is 0 Å². The second-order valence-corrected chi connectivity index (χ2v) is 7.65. The van der Waals surface area contributed by atoms with E-state index in [2.05, 4.69) is 26.3 Å². The zero-order valence-corrected chi connectivity index (χ0v) is 15.4. The minimum atomic E-state index is 0.0274. The average Bonchev–Trinajstić information content (AvgIpc) is 3.09. The summed E-state index contributed by atoms with van der Waals surface area (Å²) >= 11 is 1.52. The Balaban J connectivity index is 1.36. The van der Waals surface area contributed by atoms with Crippen molar-refractivity contribution in [2.75, 3.05) is 18.4 Å². The summed E-state index contributed by atoms with van der Waals surface area (Å²) in [4.78, 5) is 23.5. The van der Waals surface area contributed by atoms with Crippen molar-refractivity contribution in [3.63, 3.8) is 0 Å². The molecule has 0 spiro atoms. The first kappa shape index (κ1) is 17.1. The van der Waals surface area contributed by atoms with Crippen LogP contribution in [0, 0.1) is 0 Å². The molecule has 0 aliphatic carbocycles. The number of anilines is 1. The first-order chi connectivity index (χ1) is 12.8. The van der Waals surface area contributed by atoms with Crippen molar-refractivity contribution < 1.29 is 4.79 Å². The standard InChI is InChI=1S/C20H22N4OS/c25-19(23-20-22-16-7-1-2-9-18(16)26-20)10-13-24-12-4-3-8-17(24)15-6-5-11-21-14-15/h1-2,5-7,9,11,14,17H,3-4,8,10,12-13H2,(H,22,23,25). The van der Waals surface area contributed by atoms with Gasteiger partial charge in [0, 0.05) is 31.4 Å². The van der Waals surface area contributed by atoms with E-state index in [1.54, 1.807) is 0 Å². The maximum atomic E-state index is 12.4. The summed E-state index contributed by atoms with van der Waals surface area (Å²) in [6.07, 6.45) is 7.79. The van der Waals surface area contributed by atoms with E-state index in [-0.39, 0.29) is 5.91 Å². The lowest BCUT2D eigenvalue weighted by Gasteiger charge is -2.35. The summed E-state index contributed by atoms with van der Waals surface area (Å²) in [6, 6.07) is 12.4. The Morgan fingerprint density at radius 1 is 1.23 bits per heavy atom. The monoisotopic (exact) mass is 366 g/mol. The van der Waals surface area contributed by atoms with Crippen molar-refractivity contribution in [1.82, 2.24) is 14.9 Å². The minimum Gasteiger partial charge on any atom is -0.302 e. The number of para-hydroxylation sites is 1. The van der Waals surface area contributed by atoms with Gasteiger partial charge >= 0.3 is 0 Å². The number of fused-ring (bicyclic) bond motifs is 1. The van der Waals surface area contributed by atoms with E-state index in [4.69, 9.17) is 0 Å². The van der Waals surface area contributed by atoms with Crippen LogP contribution in [0.4, 0.5) is 5.13 Å². The van der Waals surface area contributed by atoms with Gasteiger partial charge in [0.2, 0.25) is 5.91 Å². The number of likely N-dealkylation sites (tertiary alicyclic amines) is 1. The first-order valence-electron chi connectivity index (χ1n) is 9.09. The van der Waals surface area contributed by atoms with Crippen LogP contribution >= 0.6 is 11.3 Å². The highest BCUT2D eigenvalue weighted by atomic mass is 32.1. The fourth-order valence-electron chi connectivity index (χ4n) is 3.56. The zero-order chi connectivity index (χ0) is 17.8. The molecule has 1 unspecified atom stereocenters. The number of hydrogen-bond donors (Lipinski definition) is 1. The van der Waals surface area contributed by atoms with E-state index in [0.29, 0.717) is 17.6 Å². The van der Waals surface area contributed by atoms with Crippen molar-refractivity contribution in [2.45, 2.75) is 31.7 Å². The van der Waals surface area contributed by atoms with Crippen LogP contribution in [0.25, 0.3) is 10.2 Å². The van der Waals surface area contributed by atoms with Crippen molar-refractivity contribution in [3.05, 3.63) is 54.4 Å². The molecule has 134 valence electrons. The second kappa shape index (κ2) is 7.93. The molecule has 6 heteroatoms. The lowest BCUT2D eigenvalue weighted by Crippen LogP contribution is -2.35. The quantitative estimate of drug-likeness (QED) is 0.733.